The van der Waals surface area contributed by atoms with Crippen LogP contribution in [-0.2, 0) is 9.53 Å². The molecular weight excluding hydrogens is 321 g/mol. The predicted octanol–water partition coefficient (Wildman–Crippen LogP) is 4.47. The number of unbranched alkanes of at least 4 members (excludes halogenated alkanes) is 2. The van der Waals surface area contributed by atoms with Crippen molar-refractivity contribution in [2.45, 2.75) is 58.0 Å². The lowest BCUT2D eigenvalue weighted by molar-refractivity contribution is -0.151. The molecule has 128 valence electrons. The molecule has 0 saturated carbocycles. The third kappa shape index (κ3) is 8.02. The van der Waals surface area contributed by atoms with Gasteiger partial charge in [-0.1, -0.05) is 57.0 Å². The highest BCUT2D eigenvalue weighted by molar-refractivity contribution is 5.85. The van der Waals surface area contributed by atoms with Gasteiger partial charge in [-0.15, -0.1) is 24.8 Å². The van der Waals surface area contributed by atoms with Gasteiger partial charge in [-0.3, -0.25) is 4.79 Å². The summed E-state index contributed by atoms with van der Waals surface area (Å²) in [5.74, 6) is -0.543. The van der Waals surface area contributed by atoms with E-state index in [1.165, 1.54) is 12.8 Å². The Morgan fingerprint density at radius 1 is 1.14 bits per heavy atom. The molecule has 0 aliphatic rings. The summed E-state index contributed by atoms with van der Waals surface area (Å²) in [6.07, 6.45) is 5.31. The minimum atomic E-state index is -0.351. The fourth-order valence-corrected chi connectivity index (χ4v) is 2.27. The van der Waals surface area contributed by atoms with Crippen LogP contribution in [0.5, 0.6) is 0 Å². The molecule has 0 bridgehead atoms. The Bertz CT molecular complexity index is 388. The standard InChI is InChI=1S/C17H27NO2.2ClH/c1-3-5-7-12-15(4-2)20-17(19)16(13-18)14-10-8-6-9-11-14;;/h6,8-11,15-16H,3-5,7,12-13,18H2,1-2H3;2*1H. The van der Waals surface area contributed by atoms with E-state index < -0.39 is 0 Å². The Kier molecular flexibility index (Phi) is 14.8. The molecular formula is C17H29Cl2NO2. The van der Waals surface area contributed by atoms with Crippen LogP contribution in [0.3, 0.4) is 0 Å². The Morgan fingerprint density at radius 2 is 1.77 bits per heavy atom. The second-order valence-corrected chi connectivity index (χ2v) is 5.16. The molecule has 1 rings (SSSR count). The van der Waals surface area contributed by atoms with Crippen molar-refractivity contribution in [2.75, 3.05) is 6.54 Å². The third-order valence-electron chi connectivity index (χ3n) is 3.59. The highest BCUT2D eigenvalue weighted by Gasteiger charge is 2.23. The second-order valence-electron chi connectivity index (χ2n) is 5.16. The summed E-state index contributed by atoms with van der Waals surface area (Å²) < 4.78 is 5.63. The number of halogens is 2. The van der Waals surface area contributed by atoms with Crippen molar-refractivity contribution in [1.29, 1.82) is 0 Å². The molecule has 3 nitrogen and oxygen atoms in total. The van der Waals surface area contributed by atoms with Gasteiger partial charge in [-0.25, -0.2) is 0 Å². The van der Waals surface area contributed by atoms with Crippen LogP contribution in [0.15, 0.2) is 30.3 Å². The fraction of sp³-hybridized carbons (Fsp3) is 0.588. The van der Waals surface area contributed by atoms with Crippen molar-refractivity contribution in [3.8, 4) is 0 Å². The van der Waals surface area contributed by atoms with Crippen LogP contribution in [0.2, 0.25) is 0 Å². The maximum absolute atomic E-state index is 12.3. The topological polar surface area (TPSA) is 52.3 Å². The third-order valence-corrected chi connectivity index (χ3v) is 3.59. The van der Waals surface area contributed by atoms with Crippen molar-refractivity contribution in [3.05, 3.63) is 35.9 Å². The number of rotatable bonds is 9. The summed E-state index contributed by atoms with van der Waals surface area (Å²) in [5.41, 5.74) is 6.68. The van der Waals surface area contributed by atoms with E-state index in [1.54, 1.807) is 0 Å². The summed E-state index contributed by atoms with van der Waals surface area (Å²) in [7, 11) is 0. The largest absolute Gasteiger partial charge is 0.462 e. The summed E-state index contributed by atoms with van der Waals surface area (Å²) in [4.78, 5) is 12.3. The monoisotopic (exact) mass is 349 g/mol. The molecule has 2 unspecified atom stereocenters. The molecule has 0 amide bonds. The van der Waals surface area contributed by atoms with Crippen molar-refractivity contribution in [2.24, 2.45) is 5.73 Å². The van der Waals surface area contributed by atoms with E-state index in [9.17, 15) is 4.79 Å². The first-order valence-corrected chi connectivity index (χ1v) is 7.68. The zero-order chi connectivity index (χ0) is 14.8. The highest BCUT2D eigenvalue weighted by Crippen LogP contribution is 2.19. The van der Waals surface area contributed by atoms with Crippen molar-refractivity contribution < 1.29 is 9.53 Å². The molecule has 0 aromatic heterocycles. The molecule has 0 aliphatic heterocycles. The zero-order valence-electron chi connectivity index (χ0n) is 13.5. The number of benzene rings is 1. The Balaban J connectivity index is 0. The van der Waals surface area contributed by atoms with Gasteiger partial charge < -0.3 is 10.5 Å². The molecule has 5 heteroatoms. The minimum Gasteiger partial charge on any atom is -0.462 e. The van der Waals surface area contributed by atoms with Crippen LogP contribution < -0.4 is 5.73 Å². The normalized spacial score (nSPS) is 12.5. The van der Waals surface area contributed by atoms with Crippen LogP contribution in [0, 0.1) is 0 Å². The first kappa shape index (κ1) is 23.5. The highest BCUT2D eigenvalue weighted by atomic mass is 35.5. The average Bonchev–Trinajstić information content (AvgIpc) is 2.48. The minimum absolute atomic E-state index is 0. The number of hydrogen-bond donors (Lipinski definition) is 1. The zero-order valence-corrected chi connectivity index (χ0v) is 15.1. The number of esters is 1. The van der Waals surface area contributed by atoms with Crippen LogP contribution in [0.4, 0.5) is 0 Å². The van der Waals surface area contributed by atoms with Crippen molar-refractivity contribution >= 4 is 30.8 Å². The van der Waals surface area contributed by atoms with Gasteiger partial charge in [-0.2, -0.15) is 0 Å². The van der Waals surface area contributed by atoms with Crippen LogP contribution in [0.1, 0.15) is 57.4 Å². The van der Waals surface area contributed by atoms with Gasteiger partial charge in [0.15, 0.2) is 0 Å². The fourth-order valence-electron chi connectivity index (χ4n) is 2.27. The molecule has 0 spiro atoms. The van der Waals surface area contributed by atoms with Crippen molar-refractivity contribution in [1.82, 2.24) is 0 Å². The van der Waals surface area contributed by atoms with Crippen LogP contribution >= 0.6 is 24.8 Å². The number of hydrogen-bond acceptors (Lipinski definition) is 3. The second kappa shape index (κ2) is 13.9. The van der Waals surface area contributed by atoms with Gasteiger partial charge >= 0.3 is 5.97 Å². The lowest BCUT2D eigenvalue weighted by Gasteiger charge is -2.20. The molecule has 2 atom stereocenters. The summed E-state index contributed by atoms with van der Waals surface area (Å²) in [6.45, 7) is 4.52. The maximum atomic E-state index is 12.3. The molecule has 0 aliphatic carbocycles. The van der Waals surface area contributed by atoms with Gasteiger partial charge in [0, 0.05) is 6.54 Å². The van der Waals surface area contributed by atoms with E-state index in [1.807, 2.05) is 30.3 Å². The summed E-state index contributed by atoms with van der Waals surface area (Å²) in [5, 5.41) is 0. The molecule has 1 aromatic rings. The maximum Gasteiger partial charge on any atom is 0.314 e. The van der Waals surface area contributed by atoms with E-state index in [-0.39, 0.29) is 49.4 Å². The molecule has 1 aromatic carbocycles. The Hall–Kier alpha value is -0.770. The van der Waals surface area contributed by atoms with E-state index in [0.717, 1.165) is 24.8 Å². The van der Waals surface area contributed by atoms with E-state index >= 15 is 0 Å². The van der Waals surface area contributed by atoms with Crippen LogP contribution in [0.25, 0.3) is 0 Å². The number of ether oxygens (including phenoxy) is 1. The lowest BCUT2D eigenvalue weighted by atomic mass is 9.99. The number of nitrogens with two attached hydrogens (primary N) is 1. The van der Waals surface area contributed by atoms with E-state index in [2.05, 4.69) is 13.8 Å². The molecule has 22 heavy (non-hydrogen) atoms. The average molecular weight is 350 g/mol. The smallest absolute Gasteiger partial charge is 0.314 e. The summed E-state index contributed by atoms with van der Waals surface area (Å²) >= 11 is 0. The van der Waals surface area contributed by atoms with Crippen molar-refractivity contribution in [3.63, 3.8) is 0 Å². The quantitative estimate of drug-likeness (QED) is 0.528. The first-order chi connectivity index (χ1) is 9.72. The molecule has 0 fully saturated rings. The molecule has 0 radical (unpaired) electrons. The predicted molar refractivity (Wildman–Crippen MR) is 97.0 cm³/mol. The van der Waals surface area contributed by atoms with E-state index in [0.29, 0.717) is 0 Å². The SMILES string of the molecule is CCCCCC(CC)OC(=O)C(CN)c1ccccc1.Cl.Cl. The lowest BCUT2D eigenvalue weighted by Crippen LogP contribution is -2.27. The number of carbonyl (C=O) groups is 1. The first-order valence-electron chi connectivity index (χ1n) is 7.68. The number of carbonyl (C=O) groups excluding carboxylic acids is 1. The molecule has 0 saturated heterocycles. The van der Waals surface area contributed by atoms with Gasteiger partial charge in [0.2, 0.25) is 0 Å². The Morgan fingerprint density at radius 3 is 2.27 bits per heavy atom. The molecule has 0 heterocycles. The summed E-state index contributed by atoms with van der Waals surface area (Å²) in [6, 6.07) is 9.63. The van der Waals surface area contributed by atoms with Gasteiger partial charge in [-0.05, 0) is 24.8 Å². The van der Waals surface area contributed by atoms with Gasteiger partial charge in [0.1, 0.15) is 6.10 Å². The van der Waals surface area contributed by atoms with Crippen LogP contribution in [-0.4, -0.2) is 18.6 Å². The Labute approximate surface area is 146 Å². The molecule has 2 N–H and O–H groups in total. The van der Waals surface area contributed by atoms with E-state index in [4.69, 9.17) is 10.5 Å². The van der Waals surface area contributed by atoms with Gasteiger partial charge in [0.25, 0.3) is 0 Å². The van der Waals surface area contributed by atoms with Gasteiger partial charge in [0.05, 0.1) is 5.92 Å².